The fraction of sp³-hybridized carbons (Fsp3) is 0.400. The molecule has 12 heavy (non-hydrogen) atoms. The Balaban J connectivity index is 1.96. The SMILES string of the molecule is Brc1[c]cccc1OCC1CC1. The van der Waals surface area contributed by atoms with E-state index in [1.807, 2.05) is 18.2 Å². The predicted molar refractivity (Wildman–Crippen MR) is 51.2 cm³/mol. The zero-order valence-electron chi connectivity index (χ0n) is 6.72. The Hall–Kier alpha value is -0.500. The van der Waals surface area contributed by atoms with E-state index in [1.54, 1.807) is 0 Å². The van der Waals surface area contributed by atoms with Gasteiger partial charge in [-0.2, -0.15) is 0 Å². The van der Waals surface area contributed by atoms with Crippen LogP contribution in [0.4, 0.5) is 0 Å². The van der Waals surface area contributed by atoms with E-state index in [4.69, 9.17) is 4.74 Å². The lowest BCUT2D eigenvalue weighted by atomic mass is 10.3. The van der Waals surface area contributed by atoms with Gasteiger partial charge < -0.3 is 4.74 Å². The Bertz CT molecular complexity index is 268. The van der Waals surface area contributed by atoms with Gasteiger partial charge in [0.05, 0.1) is 11.1 Å². The highest BCUT2D eigenvalue weighted by Crippen LogP contribution is 2.31. The number of hydrogen-bond donors (Lipinski definition) is 0. The molecule has 1 aromatic carbocycles. The fourth-order valence-corrected chi connectivity index (χ4v) is 1.38. The highest BCUT2D eigenvalue weighted by molar-refractivity contribution is 9.10. The average molecular weight is 226 g/mol. The number of benzene rings is 1. The van der Waals surface area contributed by atoms with Crippen molar-refractivity contribution in [2.24, 2.45) is 5.92 Å². The molecule has 0 atom stereocenters. The van der Waals surface area contributed by atoms with E-state index < -0.39 is 0 Å². The molecule has 1 saturated carbocycles. The van der Waals surface area contributed by atoms with Gasteiger partial charge >= 0.3 is 0 Å². The van der Waals surface area contributed by atoms with E-state index in [2.05, 4.69) is 22.0 Å². The lowest BCUT2D eigenvalue weighted by molar-refractivity contribution is 0.298. The maximum absolute atomic E-state index is 5.58. The van der Waals surface area contributed by atoms with Crippen LogP contribution in [0.1, 0.15) is 12.8 Å². The summed E-state index contributed by atoms with van der Waals surface area (Å²) in [5, 5.41) is 0. The molecular weight excluding hydrogens is 216 g/mol. The van der Waals surface area contributed by atoms with Crippen LogP contribution in [0, 0.1) is 12.0 Å². The lowest BCUT2D eigenvalue weighted by Gasteiger charge is -2.05. The number of halogens is 1. The fourth-order valence-electron chi connectivity index (χ4n) is 1.00. The van der Waals surface area contributed by atoms with Crippen molar-refractivity contribution in [2.45, 2.75) is 12.8 Å². The number of ether oxygens (including phenoxy) is 1. The van der Waals surface area contributed by atoms with Gasteiger partial charge in [-0.1, -0.05) is 12.1 Å². The summed E-state index contributed by atoms with van der Waals surface area (Å²) in [4.78, 5) is 0. The largest absolute Gasteiger partial charge is 0.492 e. The van der Waals surface area contributed by atoms with Crippen molar-refractivity contribution in [2.75, 3.05) is 6.61 Å². The Morgan fingerprint density at radius 1 is 1.58 bits per heavy atom. The zero-order valence-corrected chi connectivity index (χ0v) is 8.30. The molecule has 0 amide bonds. The molecule has 0 aromatic heterocycles. The van der Waals surface area contributed by atoms with Crippen molar-refractivity contribution in [3.8, 4) is 5.75 Å². The van der Waals surface area contributed by atoms with Gasteiger partial charge in [0.25, 0.3) is 0 Å². The van der Waals surface area contributed by atoms with Crippen LogP contribution in [-0.4, -0.2) is 6.61 Å². The summed E-state index contributed by atoms with van der Waals surface area (Å²) in [7, 11) is 0. The van der Waals surface area contributed by atoms with Gasteiger partial charge in [0.2, 0.25) is 0 Å². The first kappa shape index (κ1) is 8.11. The first-order valence-corrected chi connectivity index (χ1v) is 4.94. The second-order valence-corrected chi connectivity index (χ2v) is 3.90. The van der Waals surface area contributed by atoms with Crippen LogP contribution in [0.3, 0.4) is 0 Å². The van der Waals surface area contributed by atoms with Crippen molar-refractivity contribution in [1.82, 2.24) is 0 Å². The van der Waals surface area contributed by atoms with E-state index in [9.17, 15) is 0 Å². The first-order valence-electron chi connectivity index (χ1n) is 4.15. The molecule has 1 aromatic rings. The summed E-state index contributed by atoms with van der Waals surface area (Å²) in [5.74, 6) is 1.71. The summed E-state index contributed by atoms with van der Waals surface area (Å²) in [5.41, 5.74) is 0. The first-order chi connectivity index (χ1) is 5.86. The van der Waals surface area contributed by atoms with E-state index in [-0.39, 0.29) is 0 Å². The van der Waals surface area contributed by atoms with Crippen molar-refractivity contribution < 1.29 is 4.74 Å². The summed E-state index contributed by atoms with van der Waals surface area (Å²) in [6.07, 6.45) is 2.66. The molecule has 2 rings (SSSR count). The molecule has 2 heteroatoms. The molecule has 1 aliphatic carbocycles. The molecule has 0 heterocycles. The third-order valence-corrected chi connectivity index (χ3v) is 2.56. The third-order valence-electron chi connectivity index (χ3n) is 1.94. The molecule has 1 radical (unpaired) electrons. The maximum Gasteiger partial charge on any atom is 0.134 e. The molecule has 1 fully saturated rings. The van der Waals surface area contributed by atoms with Gasteiger partial charge in [0.1, 0.15) is 5.75 Å². The van der Waals surface area contributed by atoms with E-state index in [0.29, 0.717) is 0 Å². The Kier molecular flexibility index (Phi) is 2.35. The van der Waals surface area contributed by atoms with Crippen molar-refractivity contribution in [1.29, 1.82) is 0 Å². The molecule has 0 bridgehead atoms. The van der Waals surface area contributed by atoms with Gasteiger partial charge in [-0.15, -0.1) is 0 Å². The molecule has 0 spiro atoms. The van der Waals surface area contributed by atoms with E-state index >= 15 is 0 Å². The van der Waals surface area contributed by atoms with Gasteiger partial charge in [-0.25, -0.2) is 0 Å². The summed E-state index contributed by atoms with van der Waals surface area (Å²) >= 11 is 3.39. The van der Waals surface area contributed by atoms with Crippen LogP contribution < -0.4 is 4.74 Å². The Morgan fingerprint density at radius 2 is 2.42 bits per heavy atom. The molecule has 0 N–H and O–H groups in total. The monoisotopic (exact) mass is 225 g/mol. The maximum atomic E-state index is 5.58. The summed E-state index contributed by atoms with van der Waals surface area (Å²) < 4.78 is 6.50. The summed E-state index contributed by atoms with van der Waals surface area (Å²) in [6, 6.07) is 8.80. The van der Waals surface area contributed by atoms with Crippen LogP contribution in [0.5, 0.6) is 5.75 Å². The minimum Gasteiger partial charge on any atom is -0.492 e. The van der Waals surface area contributed by atoms with Crippen molar-refractivity contribution in [3.05, 3.63) is 28.7 Å². The molecule has 1 aliphatic rings. The van der Waals surface area contributed by atoms with Crippen molar-refractivity contribution >= 4 is 15.9 Å². The number of rotatable bonds is 3. The lowest BCUT2D eigenvalue weighted by Crippen LogP contribution is -1.98. The van der Waals surface area contributed by atoms with Gasteiger partial charge in [-0.3, -0.25) is 0 Å². The number of hydrogen-bond acceptors (Lipinski definition) is 1. The standard InChI is InChI=1S/C10H10BrO/c11-9-3-1-2-4-10(9)12-7-8-5-6-8/h1-2,4,8H,5-7H2. The van der Waals surface area contributed by atoms with E-state index in [0.717, 1.165) is 22.7 Å². The quantitative estimate of drug-likeness (QED) is 0.769. The molecule has 0 aliphatic heterocycles. The van der Waals surface area contributed by atoms with Crippen LogP contribution in [0.2, 0.25) is 0 Å². The highest BCUT2D eigenvalue weighted by Gasteiger charge is 2.22. The minimum absolute atomic E-state index is 0.803. The Labute approximate surface area is 80.9 Å². The highest BCUT2D eigenvalue weighted by atomic mass is 79.9. The van der Waals surface area contributed by atoms with Crippen LogP contribution >= 0.6 is 15.9 Å². The van der Waals surface area contributed by atoms with Crippen LogP contribution in [0.25, 0.3) is 0 Å². The normalized spacial score (nSPS) is 16.1. The second kappa shape index (κ2) is 3.48. The average Bonchev–Trinajstić information content (AvgIpc) is 2.86. The minimum atomic E-state index is 0.803. The molecule has 63 valence electrons. The molecule has 1 nitrogen and oxygen atoms in total. The third kappa shape index (κ3) is 2.01. The Morgan fingerprint density at radius 3 is 3.08 bits per heavy atom. The predicted octanol–water partition coefficient (Wildman–Crippen LogP) is 3.04. The smallest absolute Gasteiger partial charge is 0.134 e. The molecular formula is C10H10BrO. The van der Waals surface area contributed by atoms with Gasteiger partial charge in [0, 0.05) is 6.07 Å². The topological polar surface area (TPSA) is 9.23 Å². The summed E-state index contributed by atoms with van der Waals surface area (Å²) in [6.45, 7) is 0.858. The van der Waals surface area contributed by atoms with Gasteiger partial charge in [0.15, 0.2) is 0 Å². The van der Waals surface area contributed by atoms with Crippen LogP contribution in [0.15, 0.2) is 22.7 Å². The van der Waals surface area contributed by atoms with Crippen LogP contribution in [-0.2, 0) is 0 Å². The van der Waals surface area contributed by atoms with E-state index in [1.165, 1.54) is 12.8 Å². The zero-order chi connectivity index (χ0) is 8.39. The molecule has 0 unspecified atom stereocenters. The van der Waals surface area contributed by atoms with Gasteiger partial charge in [-0.05, 0) is 40.8 Å². The molecule has 0 saturated heterocycles. The van der Waals surface area contributed by atoms with Crippen molar-refractivity contribution in [3.63, 3.8) is 0 Å². The second-order valence-electron chi connectivity index (χ2n) is 3.10.